The number of aryl methyl sites for hydroxylation is 2. The third-order valence-electron chi connectivity index (χ3n) is 4.31. The van der Waals surface area contributed by atoms with Crippen molar-refractivity contribution in [3.8, 4) is 0 Å². The average Bonchev–Trinajstić information content (AvgIpc) is 3.21. The van der Waals surface area contributed by atoms with E-state index in [1.54, 1.807) is 31.2 Å². The summed E-state index contributed by atoms with van der Waals surface area (Å²) in [5, 5.41) is 17.7. The van der Waals surface area contributed by atoms with E-state index in [-0.39, 0.29) is 11.5 Å². The number of rotatable bonds is 3. The highest BCUT2D eigenvalue weighted by molar-refractivity contribution is 5.95. The Morgan fingerprint density at radius 2 is 2.08 bits per heavy atom. The molecule has 0 radical (unpaired) electrons. The van der Waals surface area contributed by atoms with Crippen LogP contribution in [-0.4, -0.2) is 31.1 Å². The molecule has 0 spiro atoms. The van der Waals surface area contributed by atoms with Crippen molar-refractivity contribution in [2.24, 2.45) is 0 Å². The molecule has 1 unspecified atom stereocenters. The Labute approximate surface area is 136 Å². The van der Waals surface area contributed by atoms with Crippen LogP contribution in [0.5, 0.6) is 0 Å². The molecule has 1 aromatic carbocycles. The van der Waals surface area contributed by atoms with Gasteiger partial charge in [0.05, 0.1) is 5.69 Å². The molecule has 8 nitrogen and oxygen atoms in total. The summed E-state index contributed by atoms with van der Waals surface area (Å²) < 4.78 is 1.26. The molecule has 0 saturated heterocycles. The van der Waals surface area contributed by atoms with Crippen LogP contribution in [0.1, 0.15) is 30.6 Å². The lowest BCUT2D eigenvalue weighted by Crippen LogP contribution is -2.33. The molecule has 8 heteroatoms. The lowest BCUT2D eigenvalue weighted by Gasteiger charge is -2.15. The SMILES string of the molecule is CC(C(=O)Nc1ccc2n[nH]nc2c1)n1nc2c(cc1=O)CCC2. The van der Waals surface area contributed by atoms with Crippen molar-refractivity contribution in [2.75, 3.05) is 5.32 Å². The zero-order valence-corrected chi connectivity index (χ0v) is 13.1. The quantitative estimate of drug-likeness (QED) is 0.753. The first-order chi connectivity index (χ1) is 11.6. The summed E-state index contributed by atoms with van der Waals surface area (Å²) in [4.78, 5) is 24.7. The van der Waals surface area contributed by atoms with Crippen LogP contribution in [0.4, 0.5) is 5.69 Å². The maximum Gasteiger partial charge on any atom is 0.267 e. The number of hydrogen-bond acceptors (Lipinski definition) is 5. The summed E-state index contributed by atoms with van der Waals surface area (Å²) >= 11 is 0. The van der Waals surface area contributed by atoms with Crippen LogP contribution < -0.4 is 10.9 Å². The second-order valence-electron chi connectivity index (χ2n) is 5.94. The summed E-state index contributed by atoms with van der Waals surface area (Å²) in [6, 6.07) is 6.13. The topological polar surface area (TPSA) is 106 Å². The zero-order chi connectivity index (χ0) is 16.7. The number of nitrogens with zero attached hydrogens (tertiary/aromatic N) is 4. The first kappa shape index (κ1) is 14.6. The van der Waals surface area contributed by atoms with Gasteiger partial charge in [0, 0.05) is 11.8 Å². The number of aromatic nitrogens is 5. The van der Waals surface area contributed by atoms with Gasteiger partial charge in [0.15, 0.2) is 0 Å². The largest absolute Gasteiger partial charge is 0.324 e. The van der Waals surface area contributed by atoms with Crippen molar-refractivity contribution in [3.05, 3.63) is 45.9 Å². The minimum atomic E-state index is -0.698. The predicted molar refractivity (Wildman–Crippen MR) is 87.8 cm³/mol. The van der Waals surface area contributed by atoms with Crippen LogP contribution in [0.25, 0.3) is 11.0 Å². The lowest BCUT2D eigenvalue weighted by atomic mass is 10.2. The van der Waals surface area contributed by atoms with Gasteiger partial charge in [-0.1, -0.05) is 0 Å². The van der Waals surface area contributed by atoms with Crippen LogP contribution in [0, 0.1) is 0 Å². The molecular formula is C16H16N6O2. The molecule has 2 heterocycles. The van der Waals surface area contributed by atoms with Crippen LogP contribution in [-0.2, 0) is 17.6 Å². The summed E-state index contributed by atoms with van der Waals surface area (Å²) in [6.07, 6.45) is 2.74. The van der Waals surface area contributed by atoms with Gasteiger partial charge in [0.2, 0.25) is 5.91 Å². The van der Waals surface area contributed by atoms with Crippen molar-refractivity contribution >= 4 is 22.6 Å². The summed E-state index contributed by atoms with van der Waals surface area (Å²) in [5.41, 5.74) is 3.65. The number of amides is 1. The maximum atomic E-state index is 12.5. The number of benzene rings is 1. The van der Waals surface area contributed by atoms with Gasteiger partial charge in [0.1, 0.15) is 17.1 Å². The maximum absolute atomic E-state index is 12.5. The normalized spacial score (nSPS) is 14.5. The number of aromatic amines is 1. The molecule has 1 amide bonds. The Bertz CT molecular complexity index is 990. The molecule has 24 heavy (non-hydrogen) atoms. The molecule has 122 valence electrons. The number of carbonyl (C=O) groups excluding carboxylic acids is 1. The van der Waals surface area contributed by atoms with Gasteiger partial charge in [-0.25, -0.2) is 4.68 Å². The molecule has 4 rings (SSSR count). The van der Waals surface area contributed by atoms with Gasteiger partial charge in [-0.05, 0) is 49.9 Å². The summed E-state index contributed by atoms with van der Waals surface area (Å²) in [6.45, 7) is 1.67. The van der Waals surface area contributed by atoms with Gasteiger partial charge < -0.3 is 5.32 Å². The van der Waals surface area contributed by atoms with E-state index in [9.17, 15) is 9.59 Å². The van der Waals surface area contributed by atoms with Crippen LogP contribution in [0.2, 0.25) is 0 Å². The molecule has 1 atom stereocenters. The molecule has 3 aromatic rings. The molecule has 0 bridgehead atoms. The van der Waals surface area contributed by atoms with Crippen LogP contribution >= 0.6 is 0 Å². The predicted octanol–water partition coefficient (Wildman–Crippen LogP) is 1.20. The number of carbonyl (C=O) groups is 1. The fourth-order valence-electron chi connectivity index (χ4n) is 2.97. The fourth-order valence-corrected chi connectivity index (χ4v) is 2.97. The number of hydrogen-bond donors (Lipinski definition) is 2. The van der Waals surface area contributed by atoms with Gasteiger partial charge >= 0.3 is 0 Å². The standard InChI is InChI=1S/C16H16N6O2/c1-9(22-15(23)7-10-3-2-4-12(10)20-22)16(24)17-11-5-6-13-14(8-11)19-21-18-13/h5-9H,2-4H2,1H3,(H,17,24)(H,18,19,21). The van der Waals surface area contributed by atoms with Crippen molar-refractivity contribution in [2.45, 2.75) is 32.2 Å². The molecule has 2 N–H and O–H groups in total. The van der Waals surface area contributed by atoms with E-state index in [0.717, 1.165) is 36.0 Å². The molecule has 0 fully saturated rings. The van der Waals surface area contributed by atoms with Crippen LogP contribution in [0.15, 0.2) is 29.1 Å². The molecule has 0 saturated carbocycles. The zero-order valence-electron chi connectivity index (χ0n) is 13.1. The van der Waals surface area contributed by atoms with E-state index in [1.807, 2.05) is 0 Å². The Hall–Kier alpha value is -3.03. The van der Waals surface area contributed by atoms with Gasteiger partial charge in [-0.3, -0.25) is 9.59 Å². The summed E-state index contributed by atoms with van der Waals surface area (Å²) in [5.74, 6) is -0.301. The minimum absolute atomic E-state index is 0.245. The van der Waals surface area contributed by atoms with Gasteiger partial charge in [-0.2, -0.15) is 20.5 Å². The van der Waals surface area contributed by atoms with Crippen LogP contribution in [0.3, 0.4) is 0 Å². The number of fused-ring (bicyclic) bond motifs is 2. The number of nitrogens with one attached hydrogen (secondary N) is 2. The Balaban J connectivity index is 1.58. The van der Waals surface area contributed by atoms with E-state index in [2.05, 4.69) is 25.8 Å². The highest BCUT2D eigenvalue weighted by atomic mass is 16.2. The Kier molecular flexibility index (Phi) is 3.37. The van der Waals surface area contributed by atoms with Crippen molar-refractivity contribution < 1.29 is 4.79 Å². The second kappa shape index (κ2) is 5.55. The van der Waals surface area contributed by atoms with Crippen molar-refractivity contribution in [1.82, 2.24) is 25.2 Å². The third-order valence-corrected chi connectivity index (χ3v) is 4.31. The Morgan fingerprint density at radius 1 is 1.25 bits per heavy atom. The fraction of sp³-hybridized carbons (Fsp3) is 0.312. The molecule has 2 aromatic heterocycles. The Morgan fingerprint density at radius 3 is 2.96 bits per heavy atom. The first-order valence-corrected chi connectivity index (χ1v) is 7.85. The van der Waals surface area contributed by atoms with Crippen molar-refractivity contribution in [1.29, 1.82) is 0 Å². The van der Waals surface area contributed by atoms with E-state index in [0.29, 0.717) is 11.2 Å². The van der Waals surface area contributed by atoms with Gasteiger partial charge in [-0.15, -0.1) is 0 Å². The smallest absolute Gasteiger partial charge is 0.267 e. The van der Waals surface area contributed by atoms with Crippen molar-refractivity contribution in [3.63, 3.8) is 0 Å². The third kappa shape index (κ3) is 2.45. The first-order valence-electron chi connectivity index (χ1n) is 7.85. The van der Waals surface area contributed by atoms with Gasteiger partial charge in [0.25, 0.3) is 5.56 Å². The van der Waals surface area contributed by atoms with E-state index >= 15 is 0 Å². The molecule has 1 aliphatic carbocycles. The number of anilines is 1. The van der Waals surface area contributed by atoms with E-state index in [1.165, 1.54) is 4.68 Å². The summed E-state index contributed by atoms with van der Waals surface area (Å²) in [7, 11) is 0. The minimum Gasteiger partial charge on any atom is -0.324 e. The monoisotopic (exact) mass is 324 g/mol. The van der Waals surface area contributed by atoms with E-state index in [4.69, 9.17) is 0 Å². The highest BCUT2D eigenvalue weighted by Crippen LogP contribution is 2.19. The average molecular weight is 324 g/mol. The van der Waals surface area contributed by atoms with E-state index < -0.39 is 6.04 Å². The number of H-pyrrole nitrogens is 1. The lowest BCUT2D eigenvalue weighted by molar-refractivity contribution is -0.119. The molecule has 1 aliphatic rings. The molecular weight excluding hydrogens is 308 g/mol. The molecule has 0 aliphatic heterocycles. The highest BCUT2D eigenvalue weighted by Gasteiger charge is 2.21. The second-order valence-corrected chi connectivity index (χ2v) is 5.94.